The highest BCUT2D eigenvalue weighted by Crippen LogP contribution is 2.23. The number of hydrogen-bond acceptors (Lipinski definition) is 3. The molecule has 0 aliphatic heterocycles. The topological polar surface area (TPSA) is 39.1 Å². The molecule has 0 saturated carbocycles. The number of ether oxygens (including phenoxy) is 1. The zero-order valence-corrected chi connectivity index (χ0v) is 13.4. The van der Waals surface area contributed by atoms with E-state index in [2.05, 4.69) is 24.3 Å². The van der Waals surface area contributed by atoms with Crippen LogP contribution in [0.2, 0.25) is 5.02 Å². The maximum absolute atomic E-state index is 6.36. The van der Waals surface area contributed by atoms with Gasteiger partial charge in [0.25, 0.3) is 0 Å². The largest absolute Gasteiger partial charge is 0.384 e. The zero-order valence-electron chi connectivity index (χ0n) is 12.7. The van der Waals surface area contributed by atoms with E-state index in [0.717, 1.165) is 42.4 Å². The van der Waals surface area contributed by atoms with Crippen LogP contribution < -0.4 is 5.32 Å². The Bertz CT molecular complexity index is 392. The summed E-state index contributed by atoms with van der Waals surface area (Å²) in [6, 6.07) is 0.393. The molecule has 1 aromatic rings. The molecule has 5 heteroatoms. The van der Waals surface area contributed by atoms with E-state index < -0.39 is 0 Å². The number of halogens is 1. The highest BCUT2D eigenvalue weighted by molar-refractivity contribution is 6.31. The molecule has 0 aliphatic rings. The van der Waals surface area contributed by atoms with E-state index in [-0.39, 0.29) is 0 Å². The Balaban J connectivity index is 2.75. The Morgan fingerprint density at radius 1 is 1.47 bits per heavy atom. The summed E-state index contributed by atoms with van der Waals surface area (Å²) >= 11 is 6.36. The molecule has 0 bridgehead atoms. The Labute approximate surface area is 121 Å². The summed E-state index contributed by atoms with van der Waals surface area (Å²) in [5.41, 5.74) is 2.05. The van der Waals surface area contributed by atoms with Gasteiger partial charge in [-0.3, -0.25) is 4.68 Å². The summed E-state index contributed by atoms with van der Waals surface area (Å²) in [5, 5.41) is 8.64. The fourth-order valence-electron chi connectivity index (χ4n) is 2.44. The van der Waals surface area contributed by atoms with Gasteiger partial charge in [0.05, 0.1) is 16.4 Å². The molecule has 19 heavy (non-hydrogen) atoms. The minimum absolute atomic E-state index is 0.393. The van der Waals surface area contributed by atoms with Crippen molar-refractivity contribution in [2.24, 2.45) is 5.92 Å². The van der Waals surface area contributed by atoms with Gasteiger partial charge in [0.2, 0.25) is 0 Å². The smallest absolute Gasteiger partial charge is 0.0847 e. The summed E-state index contributed by atoms with van der Waals surface area (Å²) in [4.78, 5) is 0. The molecular formula is C14H26ClN3O. The third-order valence-corrected chi connectivity index (χ3v) is 3.93. The van der Waals surface area contributed by atoms with E-state index in [1.54, 1.807) is 7.11 Å². The first-order valence-electron chi connectivity index (χ1n) is 6.91. The lowest BCUT2D eigenvalue weighted by Crippen LogP contribution is -2.31. The SMILES string of the molecule is CCn1nc(C)c(Cl)c1CC(CC(C)COC)NC. The van der Waals surface area contributed by atoms with Crippen molar-refractivity contribution in [3.8, 4) is 0 Å². The second kappa shape index (κ2) is 7.88. The predicted molar refractivity (Wildman–Crippen MR) is 79.9 cm³/mol. The van der Waals surface area contributed by atoms with Crippen molar-refractivity contribution in [3.63, 3.8) is 0 Å². The minimum atomic E-state index is 0.393. The number of rotatable bonds is 8. The van der Waals surface area contributed by atoms with E-state index in [1.165, 1.54) is 0 Å². The molecule has 0 fully saturated rings. The van der Waals surface area contributed by atoms with E-state index in [1.807, 2.05) is 18.7 Å². The molecule has 4 nitrogen and oxygen atoms in total. The van der Waals surface area contributed by atoms with E-state index >= 15 is 0 Å². The summed E-state index contributed by atoms with van der Waals surface area (Å²) < 4.78 is 7.20. The van der Waals surface area contributed by atoms with E-state index in [9.17, 15) is 0 Å². The normalized spacial score (nSPS) is 14.6. The number of likely N-dealkylation sites (N-methyl/N-ethyl adjacent to an activating group) is 1. The van der Waals surface area contributed by atoms with Crippen LogP contribution >= 0.6 is 11.6 Å². The van der Waals surface area contributed by atoms with Crippen molar-refractivity contribution in [1.82, 2.24) is 15.1 Å². The number of nitrogens with one attached hydrogen (secondary N) is 1. The number of methoxy groups -OCH3 is 1. The molecule has 2 atom stereocenters. The lowest BCUT2D eigenvalue weighted by atomic mass is 9.99. The molecule has 0 aliphatic carbocycles. The molecule has 110 valence electrons. The van der Waals surface area contributed by atoms with Crippen molar-refractivity contribution in [2.75, 3.05) is 20.8 Å². The van der Waals surface area contributed by atoms with Crippen molar-refractivity contribution >= 4 is 11.6 Å². The molecule has 1 rings (SSSR count). The average molecular weight is 288 g/mol. The van der Waals surface area contributed by atoms with Gasteiger partial charge in [0.15, 0.2) is 0 Å². The Morgan fingerprint density at radius 3 is 2.68 bits per heavy atom. The Kier molecular flexibility index (Phi) is 6.83. The van der Waals surface area contributed by atoms with Crippen LogP contribution in [0, 0.1) is 12.8 Å². The molecule has 0 spiro atoms. The fourth-order valence-corrected chi connectivity index (χ4v) is 2.65. The van der Waals surface area contributed by atoms with E-state index in [0.29, 0.717) is 12.0 Å². The quantitative estimate of drug-likeness (QED) is 0.799. The van der Waals surface area contributed by atoms with Crippen LogP contribution in [0.5, 0.6) is 0 Å². The Hall–Kier alpha value is -0.580. The van der Waals surface area contributed by atoms with Crippen LogP contribution in [-0.4, -0.2) is 36.6 Å². The number of hydrogen-bond donors (Lipinski definition) is 1. The van der Waals surface area contributed by atoms with Gasteiger partial charge in [-0.15, -0.1) is 0 Å². The number of aryl methyl sites for hydroxylation is 2. The van der Waals surface area contributed by atoms with Gasteiger partial charge < -0.3 is 10.1 Å². The van der Waals surface area contributed by atoms with Crippen LogP contribution in [0.15, 0.2) is 0 Å². The van der Waals surface area contributed by atoms with Crippen molar-refractivity contribution in [3.05, 3.63) is 16.4 Å². The summed E-state index contributed by atoms with van der Waals surface area (Å²) in [6.45, 7) is 7.90. The monoisotopic (exact) mass is 287 g/mol. The van der Waals surface area contributed by atoms with Gasteiger partial charge >= 0.3 is 0 Å². The van der Waals surface area contributed by atoms with E-state index in [4.69, 9.17) is 16.3 Å². The first kappa shape index (κ1) is 16.5. The molecule has 0 radical (unpaired) electrons. The molecule has 1 heterocycles. The molecule has 0 saturated heterocycles. The van der Waals surface area contributed by atoms with Gasteiger partial charge in [-0.1, -0.05) is 18.5 Å². The molecular weight excluding hydrogens is 262 g/mol. The van der Waals surface area contributed by atoms with Gasteiger partial charge in [0, 0.05) is 32.7 Å². The first-order chi connectivity index (χ1) is 9.03. The van der Waals surface area contributed by atoms with Crippen molar-refractivity contribution in [1.29, 1.82) is 0 Å². The molecule has 0 aromatic carbocycles. The first-order valence-corrected chi connectivity index (χ1v) is 7.29. The van der Waals surface area contributed by atoms with Gasteiger partial charge in [-0.25, -0.2) is 0 Å². The predicted octanol–water partition coefficient (Wildman–Crippen LogP) is 2.67. The van der Waals surface area contributed by atoms with Gasteiger partial charge in [-0.05, 0) is 33.2 Å². The second-order valence-electron chi connectivity index (χ2n) is 5.15. The summed E-state index contributed by atoms with van der Waals surface area (Å²) in [6.07, 6.45) is 1.96. The summed E-state index contributed by atoms with van der Waals surface area (Å²) in [5.74, 6) is 0.528. The van der Waals surface area contributed by atoms with Crippen molar-refractivity contribution in [2.45, 2.75) is 46.2 Å². The van der Waals surface area contributed by atoms with Crippen LogP contribution in [0.4, 0.5) is 0 Å². The standard InChI is InChI=1S/C14H26ClN3O/c1-6-18-13(14(15)11(3)17-18)8-12(16-4)7-10(2)9-19-5/h10,12,16H,6-9H2,1-5H3. The third-order valence-electron chi connectivity index (χ3n) is 3.44. The second-order valence-corrected chi connectivity index (χ2v) is 5.53. The third kappa shape index (κ3) is 4.48. The van der Waals surface area contributed by atoms with Crippen LogP contribution in [0.25, 0.3) is 0 Å². The zero-order chi connectivity index (χ0) is 14.4. The van der Waals surface area contributed by atoms with Gasteiger partial charge in [-0.2, -0.15) is 5.10 Å². The lowest BCUT2D eigenvalue weighted by Gasteiger charge is -2.20. The maximum atomic E-state index is 6.36. The summed E-state index contributed by atoms with van der Waals surface area (Å²) in [7, 11) is 3.74. The Morgan fingerprint density at radius 2 is 2.16 bits per heavy atom. The van der Waals surface area contributed by atoms with Crippen LogP contribution in [0.3, 0.4) is 0 Å². The molecule has 1 N–H and O–H groups in total. The highest BCUT2D eigenvalue weighted by Gasteiger charge is 2.18. The van der Waals surface area contributed by atoms with Crippen LogP contribution in [-0.2, 0) is 17.7 Å². The highest BCUT2D eigenvalue weighted by atomic mass is 35.5. The minimum Gasteiger partial charge on any atom is -0.384 e. The molecule has 1 aromatic heterocycles. The number of aromatic nitrogens is 2. The van der Waals surface area contributed by atoms with Crippen LogP contribution in [0.1, 0.15) is 31.7 Å². The fraction of sp³-hybridized carbons (Fsp3) is 0.786. The lowest BCUT2D eigenvalue weighted by molar-refractivity contribution is 0.149. The van der Waals surface area contributed by atoms with Crippen molar-refractivity contribution < 1.29 is 4.74 Å². The van der Waals surface area contributed by atoms with Gasteiger partial charge in [0.1, 0.15) is 0 Å². The molecule has 0 amide bonds. The average Bonchev–Trinajstić information content (AvgIpc) is 2.65. The molecule has 2 unspecified atom stereocenters. The maximum Gasteiger partial charge on any atom is 0.0847 e. The number of nitrogens with zero attached hydrogens (tertiary/aromatic N) is 2.